The zero-order valence-electron chi connectivity index (χ0n) is 17.4. The maximum Gasteiger partial charge on any atom is 0.253 e. The monoisotopic (exact) mass is 423 g/mol. The van der Waals surface area contributed by atoms with Crippen LogP contribution in [0.3, 0.4) is 0 Å². The van der Waals surface area contributed by atoms with Gasteiger partial charge in [0.1, 0.15) is 5.75 Å². The molecule has 0 unspecified atom stereocenters. The Morgan fingerprint density at radius 3 is 2.48 bits per heavy atom. The Kier molecular flexibility index (Phi) is 9.74. The molecule has 0 atom stereocenters. The van der Waals surface area contributed by atoms with E-state index < -0.39 is 0 Å². The number of nitrogens with one attached hydrogen (secondary N) is 2. The van der Waals surface area contributed by atoms with Crippen molar-refractivity contribution in [2.45, 2.75) is 51.4 Å². The summed E-state index contributed by atoms with van der Waals surface area (Å²) < 4.78 is 5.39. The topological polar surface area (TPSA) is 70.7 Å². The number of halogens is 1. The number of anilines is 1. The molecule has 2 aliphatic rings. The highest BCUT2D eigenvalue weighted by atomic mass is 35.5. The largest absolute Gasteiger partial charge is 0.495 e. The van der Waals surface area contributed by atoms with Gasteiger partial charge in [-0.25, -0.2) is 0 Å². The molecule has 2 amide bonds. The van der Waals surface area contributed by atoms with Gasteiger partial charge in [0.15, 0.2) is 0 Å². The van der Waals surface area contributed by atoms with Gasteiger partial charge >= 0.3 is 0 Å². The van der Waals surface area contributed by atoms with Crippen molar-refractivity contribution in [2.24, 2.45) is 5.92 Å². The second-order valence-electron chi connectivity index (χ2n) is 7.90. The minimum Gasteiger partial charge on any atom is -0.495 e. The van der Waals surface area contributed by atoms with Crippen molar-refractivity contribution < 1.29 is 14.3 Å². The molecule has 0 saturated carbocycles. The molecule has 1 aromatic carbocycles. The second-order valence-corrected chi connectivity index (χ2v) is 7.90. The number of carbonyl (C=O) groups excluding carboxylic acids is 2. The Bertz CT molecular complexity index is 669. The fraction of sp³-hybridized carbons (Fsp3) is 0.636. The van der Waals surface area contributed by atoms with Gasteiger partial charge < -0.3 is 20.3 Å². The normalized spacial score (nSPS) is 17.8. The fourth-order valence-corrected chi connectivity index (χ4v) is 4.11. The summed E-state index contributed by atoms with van der Waals surface area (Å²) in [5.41, 5.74) is 1.19. The lowest BCUT2D eigenvalue weighted by Gasteiger charge is -2.22. The van der Waals surface area contributed by atoms with Crippen molar-refractivity contribution in [3.63, 3.8) is 0 Å². The van der Waals surface area contributed by atoms with E-state index >= 15 is 0 Å². The van der Waals surface area contributed by atoms with Gasteiger partial charge in [-0.3, -0.25) is 9.59 Å². The summed E-state index contributed by atoms with van der Waals surface area (Å²) in [6.45, 7) is 3.70. The van der Waals surface area contributed by atoms with Gasteiger partial charge in [-0.05, 0) is 69.3 Å². The predicted molar refractivity (Wildman–Crippen MR) is 118 cm³/mol. The van der Waals surface area contributed by atoms with Gasteiger partial charge in [-0.2, -0.15) is 0 Å². The van der Waals surface area contributed by atoms with E-state index in [2.05, 4.69) is 10.6 Å². The highest BCUT2D eigenvalue weighted by Gasteiger charge is 2.20. The Hall–Kier alpha value is -1.79. The number of hydrogen-bond donors (Lipinski definition) is 2. The quantitative estimate of drug-likeness (QED) is 0.729. The van der Waals surface area contributed by atoms with Crippen molar-refractivity contribution in [3.8, 4) is 5.75 Å². The summed E-state index contributed by atoms with van der Waals surface area (Å²) in [6, 6.07) is 5.32. The number of benzene rings is 1. The summed E-state index contributed by atoms with van der Waals surface area (Å²) >= 11 is 0. The Balaban J connectivity index is 0.00000300. The third kappa shape index (κ3) is 6.89. The van der Waals surface area contributed by atoms with Crippen molar-refractivity contribution >= 4 is 29.9 Å². The zero-order valence-corrected chi connectivity index (χ0v) is 18.2. The molecule has 1 aromatic rings. The summed E-state index contributed by atoms with van der Waals surface area (Å²) in [6.07, 6.45) is 8.16. The summed E-state index contributed by atoms with van der Waals surface area (Å²) in [5.74, 6) is 1.22. The van der Waals surface area contributed by atoms with E-state index in [4.69, 9.17) is 4.74 Å². The van der Waals surface area contributed by atoms with Crippen molar-refractivity contribution in [3.05, 3.63) is 23.8 Å². The average molecular weight is 424 g/mol. The minimum atomic E-state index is -0.0174. The Labute approximate surface area is 180 Å². The van der Waals surface area contributed by atoms with E-state index in [1.807, 2.05) is 4.90 Å². The molecular formula is C22H34ClN3O3. The number of likely N-dealkylation sites (tertiary alicyclic amines) is 1. The van der Waals surface area contributed by atoms with E-state index in [0.717, 1.165) is 58.3 Å². The molecule has 7 heteroatoms. The maximum absolute atomic E-state index is 12.9. The van der Waals surface area contributed by atoms with Crippen LogP contribution in [0.1, 0.15) is 61.7 Å². The third-order valence-electron chi connectivity index (χ3n) is 5.85. The molecule has 2 fully saturated rings. The minimum absolute atomic E-state index is 0. The van der Waals surface area contributed by atoms with E-state index in [-0.39, 0.29) is 24.2 Å². The molecule has 2 saturated heterocycles. The van der Waals surface area contributed by atoms with Crippen LogP contribution in [-0.4, -0.2) is 50.0 Å². The van der Waals surface area contributed by atoms with Gasteiger partial charge in [0, 0.05) is 25.1 Å². The van der Waals surface area contributed by atoms with Crippen LogP contribution in [0, 0.1) is 5.92 Å². The first kappa shape index (κ1) is 23.5. The Morgan fingerprint density at radius 2 is 1.83 bits per heavy atom. The lowest BCUT2D eigenvalue weighted by Crippen LogP contribution is -2.31. The average Bonchev–Trinajstić information content (AvgIpc) is 3.02. The van der Waals surface area contributed by atoms with Crippen molar-refractivity contribution in [2.75, 3.05) is 38.6 Å². The molecule has 6 nitrogen and oxygen atoms in total. The van der Waals surface area contributed by atoms with Crippen molar-refractivity contribution in [1.82, 2.24) is 10.2 Å². The van der Waals surface area contributed by atoms with E-state index in [1.165, 1.54) is 12.8 Å². The van der Waals surface area contributed by atoms with E-state index in [1.54, 1.807) is 25.3 Å². The standard InChI is InChI=1S/C22H33N3O3.ClH/c1-28-20-8-7-18(22(27)25-14-4-2-3-5-15-25)16-19(20)24-21(26)9-6-17-10-12-23-13-11-17;/h7-8,16-17,23H,2-6,9-15H2,1H3,(H,24,26);1H. The number of hydrogen-bond acceptors (Lipinski definition) is 4. The lowest BCUT2D eigenvalue weighted by molar-refractivity contribution is -0.116. The number of ether oxygens (including phenoxy) is 1. The first-order chi connectivity index (χ1) is 13.7. The molecule has 0 aromatic heterocycles. The molecule has 29 heavy (non-hydrogen) atoms. The van der Waals surface area contributed by atoms with Crippen molar-refractivity contribution in [1.29, 1.82) is 0 Å². The molecule has 0 spiro atoms. The molecule has 2 heterocycles. The van der Waals surface area contributed by atoms with Crippen LogP contribution < -0.4 is 15.4 Å². The number of rotatable bonds is 6. The molecule has 0 radical (unpaired) electrons. The summed E-state index contributed by atoms with van der Waals surface area (Å²) in [4.78, 5) is 27.3. The van der Waals surface area contributed by atoms with Gasteiger partial charge in [0.25, 0.3) is 5.91 Å². The summed E-state index contributed by atoms with van der Waals surface area (Å²) in [5, 5.41) is 6.31. The second kappa shape index (κ2) is 12.0. The van der Waals surface area contributed by atoms with Crippen LogP contribution in [0.5, 0.6) is 5.75 Å². The van der Waals surface area contributed by atoms with Gasteiger partial charge in [0.2, 0.25) is 5.91 Å². The van der Waals surface area contributed by atoms with Gasteiger partial charge in [0.05, 0.1) is 12.8 Å². The molecule has 2 N–H and O–H groups in total. The number of piperidine rings is 1. The highest BCUT2D eigenvalue weighted by Crippen LogP contribution is 2.27. The first-order valence-corrected chi connectivity index (χ1v) is 10.7. The summed E-state index contributed by atoms with van der Waals surface area (Å²) in [7, 11) is 1.58. The van der Waals surface area contributed by atoms with Crippen LogP contribution in [0.15, 0.2) is 18.2 Å². The number of carbonyl (C=O) groups is 2. The first-order valence-electron chi connectivity index (χ1n) is 10.7. The molecule has 0 bridgehead atoms. The van der Waals surface area contributed by atoms with Crippen LogP contribution >= 0.6 is 12.4 Å². The predicted octanol–water partition coefficient (Wildman–Crippen LogP) is 3.85. The number of methoxy groups -OCH3 is 1. The van der Waals surface area contributed by atoms with E-state index in [9.17, 15) is 9.59 Å². The molecular weight excluding hydrogens is 390 g/mol. The molecule has 2 aliphatic heterocycles. The fourth-order valence-electron chi connectivity index (χ4n) is 4.11. The number of amides is 2. The van der Waals surface area contributed by atoms with E-state index in [0.29, 0.717) is 29.3 Å². The third-order valence-corrected chi connectivity index (χ3v) is 5.85. The van der Waals surface area contributed by atoms with Crippen LogP contribution in [0.25, 0.3) is 0 Å². The smallest absolute Gasteiger partial charge is 0.253 e. The SMILES string of the molecule is COc1ccc(C(=O)N2CCCCCC2)cc1NC(=O)CCC1CCNCC1.Cl. The molecule has 0 aliphatic carbocycles. The number of nitrogens with zero attached hydrogens (tertiary/aromatic N) is 1. The van der Waals surface area contributed by atoms with Gasteiger partial charge in [-0.1, -0.05) is 12.8 Å². The maximum atomic E-state index is 12.9. The Morgan fingerprint density at radius 1 is 1.14 bits per heavy atom. The zero-order chi connectivity index (χ0) is 19.8. The molecule has 3 rings (SSSR count). The van der Waals surface area contributed by atoms with Crippen LogP contribution in [-0.2, 0) is 4.79 Å². The highest BCUT2D eigenvalue weighted by molar-refractivity contribution is 5.98. The molecule has 162 valence electrons. The lowest BCUT2D eigenvalue weighted by atomic mass is 9.93. The van der Waals surface area contributed by atoms with Crippen LogP contribution in [0.2, 0.25) is 0 Å². The van der Waals surface area contributed by atoms with Crippen LogP contribution in [0.4, 0.5) is 5.69 Å². The van der Waals surface area contributed by atoms with Gasteiger partial charge in [-0.15, -0.1) is 12.4 Å².